The number of ether oxygens (including phenoxy) is 2. The van der Waals surface area contributed by atoms with Crippen LogP contribution >= 0.6 is 0 Å². The van der Waals surface area contributed by atoms with Crippen molar-refractivity contribution in [2.75, 3.05) is 19.5 Å². The Kier molecular flexibility index (Phi) is 4.36. The average Bonchev–Trinajstić information content (AvgIpc) is 3.05. The number of methoxy groups -OCH3 is 1. The normalized spacial score (nSPS) is 14.5. The summed E-state index contributed by atoms with van der Waals surface area (Å²) in [5, 5.41) is 0.570. The van der Waals surface area contributed by atoms with E-state index in [2.05, 4.69) is 0 Å². The summed E-state index contributed by atoms with van der Waals surface area (Å²) >= 11 is 0. The number of nitrogen functional groups attached to an aromatic ring is 1. The number of hydrogen-bond donors (Lipinski definition) is 1. The van der Waals surface area contributed by atoms with Crippen LogP contribution in [0.1, 0.15) is 30.2 Å². The average molecular weight is 363 g/mol. The lowest BCUT2D eigenvalue weighted by Gasteiger charge is -2.12. The van der Waals surface area contributed by atoms with Crippen molar-refractivity contribution in [3.8, 4) is 11.5 Å². The lowest BCUT2D eigenvalue weighted by molar-refractivity contribution is 0.310. The van der Waals surface area contributed by atoms with E-state index in [4.69, 9.17) is 19.6 Å². The van der Waals surface area contributed by atoms with Gasteiger partial charge in [0.05, 0.1) is 19.1 Å². The molecule has 0 amide bonds. The van der Waals surface area contributed by atoms with Crippen LogP contribution in [0.2, 0.25) is 0 Å². The highest BCUT2D eigenvalue weighted by molar-refractivity contribution is 5.89. The Labute approximate surface area is 157 Å². The van der Waals surface area contributed by atoms with Crippen molar-refractivity contribution in [2.24, 2.45) is 0 Å². The molecule has 2 aromatic carbocycles. The number of anilines is 1. The molecular weight excluding hydrogens is 342 g/mol. The van der Waals surface area contributed by atoms with Gasteiger partial charge < -0.3 is 19.6 Å². The molecule has 0 saturated carbocycles. The summed E-state index contributed by atoms with van der Waals surface area (Å²) in [4.78, 5) is 12.8. The summed E-state index contributed by atoms with van der Waals surface area (Å²) < 4.78 is 17.3. The summed E-state index contributed by atoms with van der Waals surface area (Å²) in [5.74, 6) is 2.01. The molecule has 1 heterocycles. The quantitative estimate of drug-likeness (QED) is 0.701. The number of para-hydroxylation sites is 1. The minimum absolute atomic E-state index is 0.0182. The zero-order valence-electron chi connectivity index (χ0n) is 15.4. The molecule has 3 aromatic rings. The van der Waals surface area contributed by atoms with Crippen LogP contribution in [0, 0.1) is 0 Å². The first-order chi connectivity index (χ1) is 13.1. The number of hydrogen-bond acceptors (Lipinski definition) is 5. The summed E-state index contributed by atoms with van der Waals surface area (Å²) in [7, 11) is 1.62. The highest BCUT2D eigenvalue weighted by Crippen LogP contribution is 2.38. The molecule has 138 valence electrons. The van der Waals surface area contributed by atoms with Gasteiger partial charge in [-0.15, -0.1) is 0 Å². The van der Waals surface area contributed by atoms with E-state index in [9.17, 15) is 4.79 Å². The van der Waals surface area contributed by atoms with Crippen LogP contribution in [0.15, 0.2) is 45.6 Å². The summed E-state index contributed by atoms with van der Waals surface area (Å²) in [6.07, 6.45) is 3.41. The predicted octanol–water partition coefficient (Wildman–Crippen LogP) is 4.27. The molecule has 5 heteroatoms. The minimum Gasteiger partial charge on any atom is -0.492 e. The predicted molar refractivity (Wildman–Crippen MR) is 107 cm³/mol. The molecule has 0 radical (unpaired) electrons. The van der Waals surface area contributed by atoms with E-state index in [1.54, 1.807) is 25.3 Å². The van der Waals surface area contributed by atoms with Gasteiger partial charge in [-0.2, -0.15) is 0 Å². The second-order valence-electron chi connectivity index (χ2n) is 6.48. The van der Waals surface area contributed by atoms with E-state index < -0.39 is 0 Å². The Hall–Kier alpha value is -3.21. The van der Waals surface area contributed by atoms with Crippen LogP contribution in [0.5, 0.6) is 11.5 Å². The van der Waals surface area contributed by atoms with Crippen molar-refractivity contribution in [1.82, 2.24) is 0 Å². The summed E-state index contributed by atoms with van der Waals surface area (Å²) in [5.41, 5.74) is 9.54. The van der Waals surface area contributed by atoms with Crippen molar-refractivity contribution < 1.29 is 13.9 Å². The standard InChI is InChI=1S/C22H21NO4/c1-3-26-18-6-4-5-13(22(18)25-2)11-14-7-9-17-20(24)16-10-8-15(23)12-19(16)27-21(14)17/h4-6,8,10-12H,3,7,9,23H2,1-2H3/b14-11-. The Morgan fingerprint density at radius 2 is 2.07 bits per heavy atom. The van der Waals surface area contributed by atoms with Crippen LogP contribution in [0.3, 0.4) is 0 Å². The van der Waals surface area contributed by atoms with Gasteiger partial charge in [0.15, 0.2) is 16.9 Å². The molecule has 0 unspecified atom stereocenters. The van der Waals surface area contributed by atoms with Gasteiger partial charge in [0, 0.05) is 22.9 Å². The van der Waals surface area contributed by atoms with Crippen molar-refractivity contribution in [3.05, 3.63) is 63.5 Å². The van der Waals surface area contributed by atoms with Gasteiger partial charge in [-0.1, -0.05) is 12.1 Å². The lowest BCUT2D eigenvalue weighted by Crippen LogP contribution is -2.08. The molecule has 1 aliphatic carbocycles. The SMILES string of the molecule is CCOc1cccc(/C=C2/CCc3c2oc2cc(N)ccc2c3=O)c1OC. The zero-order valence-corrected chi connectivity index (χ0v) is 15.4. The molecule has 0 spiro atoms. The first-order valence-electron chi connectivity index (χ1n) is 8.98. The minimum atomic E-state index is 0.0182. The van der Waals surface area contributed by atoms with Crippen molar-refractivity contribution in [2.45, 2.75) is 19.8 Å². The second-order valence-corrected chi connectivity index (χ2v) is 6.48. The Morgan fingerprint density at radius 3 is 2.85 bits per heavy atom. The van der Waals surface area contributed by atoms with Gasteiger partial charge in [-0.25, -0.2) is 0 Å². The summed E-state index contributed by atoms with van der Waals surface area (Å²) in [6.45, 7) is 2.49. The fraction of sp³-hybridized carbons (Fsp3) is 0.227. The van der Waals surface area contributed by atoms with E-state index in [-0.39, 0.29) is 5.43 Å². The number of allylic oxidation sites excluding steroid dienone is 1. The van der Waals surface area contributed by atoms with Crippen molar-refractivity contribution in [3.63, 3.8) is 0 Å². The van der Waals surface area contributed by atoms with Gasteiger partial charge in [0.1, 0.15) is 11.3 Å². The molecule has 2 N–H and O–H groups in total. The van der Waals surface area contributed by atoms with Gasteiger partial charge >= 0.3 is 0 Å². The number of benzene rings is 2. The largest absolute Gasteiger partial charge is 0.492 e. The third-order valence-corrected chi connectivity index (χ3v) is 4.79. The van der Waals surface area contributed by atoms with E-state index in [0.717, 1.165) is 23.1 Å². The molecule has 1 aliphatic rings. The maximum Gasteiger partial charge on any atom is 0.196 e. The van der Waals surface area contributed by atoms with Crippen LogP contribution < -0.4 is 20.6 Å². The van der Waals surface area contributed by atoms with Gasteiger partial charge in [-0.05, 0) is 49.6 Å². The third kappa shape index (κ3) is 2.95. The lowest BCUT2D eigenvalue weighted by atomic mass is 10.1. The van der Waals surface area contributed by atoms with Crippen LogP contribution in [-0.2, 0) is 6.42 Å². The fourth-order valence-corrected chi connectivity index (χ4v) is 3.57. The zero-order chi connectivity index (χ0) is 19.0. The van der Waals surface area contributed by atoms with Crippen LogP contribution in [0.25, 0.3) is 22.6 Å². The topological polar surface area (TPSA) is 74.7 Å². The third-order valence-electron chi connectivity index (χ3n) is 4.79. The first-order valence-corrected chi connectivity index (χ1v) is 8.98. The van der Waals surface area contributed by atoms with E-state index in [1.807, 2.05) is 31.2 Å². The highest BCUT2D eigenvalue weighted by atomic mass is 16.5. The Bertz CT molecular complexity index is 1110. The molecule has 0 atom stereocenters. The fourth-order valence-electron chi connectivity index (χ4n) is 3.57. The molecule has 0 saturated heterocycles. The van der Waals surface area contributed by atoms with Crippen molar-refractivity contribution in [1.29, 1.82) is 0 Å². The van der Waals surface area contributed by atoms with E-state index >= 15 is 0 Å². The maximum atomic E-state index is 12.8. The molecular formula is C22H21NO4. The monoisotopic (exact) mass is 363 g/mol. The van der Waals surface area contributed by atoms with Crippen LogP contribution in [0.4, 0.5) is 5.69 Å². The van der Waals surface area contributed by atoms with Crippen molar-refractivity contribution >= 4 is 28.3 Å². The molecule has 0 bridgehead atoms. The second kappa shape index (κ2) is 6.83. The Balaban J connectivity index is 1.87. The molecule has 0 fully saturated rings. The molecule has 5 nitrogen and oxygen atoms in total. The first kappa shape index (κ1) is 17.2. The molecule has 0 aliphatic heterocycles. The summed E-state index contributed by atoms with van der Waals surface area (Å²) in [6, 6.07) is 10.9. The number of rotatable bonds is 4. The van der Waals surface area contributed by atoms with Gasteiger partial charge in [0.25, 0.3) is 0 Å². The van der Waals surface area contributed by atoms with E-state index in [0.29, 0.717) is 46.9 Å². The maximum absolute atomic E-state index is 12.8. The number of nitrogens with two attached hydrogens (primary N) is 1. The Morgan fingerprint density at radius 1 is 1.22 bits per heavy atom. The van der Waals surface area contributed by atoms with Crippen LogP contribution in [-0.4, -0.2) is 13.7 Å². The molecule has 1 aromatic heterocycles. The van der Waals surface area contributed by atoms with Gasteiger partial charge in [-0.3, -0.25) is 4.79 Å². The smallest absolute Gasteiger partial charge is 0.196 e. The molecule has 4 rings (SSSR count). The number of fused-ring (bicyclic) bond motifs is 2. The van der Waals surface area contributed by atoms with E-state index in [1.165, 1.54) is 0 Å². The highest BCUT2D eigenvalue weighted by Gasteiger charge is 2.24. The van der Waals surface area contributed by atoms with Gasteiger partial charge in [0.2, 0.25) is 0 Å². The molecule has 27 heavy (non-hydrogen) atoms.